The quantitative estimate of drug-likeness (QED) is 0.284. The van der Waals surface area contributed by atoms with Gasteiger partial charge in [-0.2, -0.15) is 5.10 Å². The number of phenols is 2. The molecule has 0 fully saturated rings. The number of hydrazone groups is 1. The summed E-state index contributed by atoms with van der Waals surface area (Å²) in [5.74, 6) is -0.612. The van der Waals surface area contributed by atoms with Gasteiger partial charge in [0.1, 0.15) is 18.0 Å². The van der Waals surface area contributed by atoms with Crippen LogP contribution in [0.2, 0.25) is 0 Å². The predicted octanol–water partition coefficient (Wildman–Crippen LogP) is 2.72. The van der Waals surface area contributed by atoms with Crippen LogP contribution < -0.4 is 10.9 Å². The van der Waals surface area contributed by atoms with Gasteiger partial charge < -0.3 is 14.8 Å². The molecule has 0 aliphatic rings. The zero-order valence-corrected chi connectivity index (χ0v) is 15.2. The van der Waals surface area contributed by atoms with Gasteiger partial charge in [-0.15, -0.1) is 0 Å². The Morgan fingerprint density at radius 2 is 1.59 bits per heavy atom. The molecule has 0 saturated heterocycles. The molecule has 0 spiro atoms. The highest BCUT2D eigenvalue weighted by molar-refractivity contribution is 5.95. The lowest BCUT2D eigenvalue weighted by Gasteiger charge is -2.14. The molecule has 0 aliphatic heterocycles. The lowest BCUT2D eigenvalue weighted by atomic mass is 10.1. The summed E-state index contributed by atoms with van der Waals surface area (Å²) in [4.78, 5) is 25.2. The molecule has 1 amide bonds. The minimum Gasteiger partial charge on any atom is -0.508 e. The lowest BCUT2D eigenvalue weighted by Crippen LogP contribution is -2.25. The van der Waals surface area contributed by atoms with Crippen molar-refractivity contribution in [2.75, 3.05) is 0 Å². The molecule has 0 bridgehead atoms. The smallest absolute Gasteiger partial charge is 0.260 e. The number of benzene rings is 3. The first-order chi connectivity index (χ1) is 14.0. The normalized spacial score (nSPS) is 11.3. The third-order valence-corrected chi connectivity index (χ3v) is 4.59. The van der Waals surface area contributed by atoms with Crippen molar-refractivity contribution in [3.8, 4) is 11.5 Å². The van der Waals surface area contributed by atoms with Crippen LogP contribution in [-0.4, -0.2) is 26.9 Å². The number of carbonyl (C=O) groups is 1. The van der Waals surface area contributed by atoms with E-state index in [0.29, 0.717) is 27.4 Å². The molecule has 144 valence electrons. The molecule has 29 heavy (non-hydrogen) atoms. The fourth-order valence-electron chi connectivity index (χ4n) is 3.24. The molecular weight excluding hydrogens is 370 g/mol. The first-order valence-corrected chi connectivity index (χ1v) is 8.89. The second-order valence-electron chi connectivity index (χ2n) is 6.49. The van der Waals surface area contributed by atoms with E-state index in [9.17, 15) is 19.8 Å². The highest BCUT2D eigenvalue weighted by Crippen LogP contribution is 2.21. The third kappa shape index (κ3) is 3.53. The Labute approximate surface area is 165 Å². The molecule has 1 aromatic heterocycles. The van der Waals surface area contributed by atoms with Crippen LogP contribution in [0, 0.1) is 0 Å². The fourth-order valence-corrected chi connectivity index (χ4v) is 3.24. The van der Waals surface area contributed by atoms with Crippen LogP contribution in [0.4, 0.5) is 0 Å². The van der Waals surface area contributed by atoms with Crippen molar-refractivity contribution in [3.63, 3.8) is 0 Å². The molecule has 3 aromatic carbocycles. The standard InChI is InChI=1S/C22H17N3O4/c26-15-10-9-14(20(27)11-15)12-23-24-21(28)13-25-18-7-3-1-5-16(18)22(29)17-6-2-4-8-19(17)25/h1-12,26-27H,13H2,(H,24,28)/b23-12+. The summed E-state index contributed by atoms with van der Waals surface area (Å²) < 4.78 is 1.77. The number of hydrogen-bond acceptors (Lipinski definition) is 5. The van der Waals surface area contributed by atoms with E-state index in [4.69, 9.17) is 0 Å². The van der Waals surface area contributed by atoms with Crippen LogP contribution in [0.25, 0.3) is 21.8 Å². The van der Waals surface area contributed by atoms with E-state index in [-0.39, 0.29) is 23.5 Å². The molecule has 7 heteroatoms. The van der Waals surface area contributed by atoms with E-state index < -0.39 is 5.91 Å². The van der Waals surface area contributed by atoms with Gasteiger partial charge in [0.05, 0.1) is 17.2 Å². The first-order valence-electron chi connectivity index (χ1n) is 8.89. The van der Waals surface area contributed by atoms with E-state index >= 15 is 0 Å². The molecule has 0 atom stereocenters. The van der Waals surface area contributed by atoms with Crippen molar-refractivity contribution >= 4 is 33.9 Å². The zero-order chi connectivity index (χ0) is 20.4. The maximum Gasteiger partial charge on any atom is 0.260 e. The van der Waals surface area contributed by atoms with Crippen molar-refractivity contribution in [1.82, 2.24) is 9.99 Å². The molecule has 0 saturated carbocycles. The lowest BCUT2D eigenvalue weighted by molar-refractivity contribution is -0.121. The van der Waals surface area contributed by atoms with Crippen molar-refractivity contribution < 1.29 is 15.0 Å². The average molecular weight is 387 g/mol. The number of phenolic OH excluding ortho intramolecular Hbond substituents is 2. The third-order valence-electron chi connectivity index (χ3n) is 4.59. The van der Waals surface area contributed by atoms with E-state index in [1.807, 2.05) is 12.1 Å². The Morgan fingerprint density at radius 3 is 2.21 bits per heavy atom. The van der Waals surface area contributed by atoms with Gasteiger partial charge in [-0.1, -0.05) is 24.3 Å². The number of nitrogens with one attached hydrogen (secondary N) is 1. The summed E-state index contributed by atoms with van der Waals surface area (Å²) >= 11 is 0. The van der Waals surface area contributed by atoms with E-state index in [1.165, 1.54) is 24.4 Å². The number of pyridine rings is 1. The fraction of sp³-hybridized carbons (Fsp3) is 0.0455. The van der Waals surface area contributed by atoms with Crippen molar-refractivity contribution in [1.29, 1.82) is 0 Å². The number of aromatic hydroxyl groups is 2. The Balaban J connectivity index is 1.65. The number of para-hydroxylation sites is 2. The maximum atomic E-state index is 12.7. The van der Waals surface area contributed by atoms with Crippen LogP contribution >= 0.6 is 0 Å². The molecule has 1 heterocycles. The molecular formula is C22H17N3O4. The number of fused-ring (bicyclic) bond motifs is 2. The first kappa shape index (κ1) is 18.2. The van der Waals surface area contributed by atoms with E-state index in [0.717, 1.165) is 0 Å². The number of carbonyl (C=O) groups excluding carboxylic acids is 1. The summed E-state index contributed by atoms with van der Waals surface area (Å²) in [6.45, 7) is -0.0415. The minimum atomic E-state index is -0.390. The number of amides is 1. The van der Waals surface area contributed by atoms with Gasteiger partial charge in [0.2, 0.25) is 0 Å². The van der Waals surface area contributed by atoms with Crippen LogP contribution in [0.15, 0.2) is 76.6 Å². The van der Waals surface area contributed by atoms with Gasteiger partial charge in [-0.05, 0) is 36.4 Å². The minimum absolute atomic E-state index is 0.0415. The number of hydrogen-bond donors (Lipinski definition) is 3. The summed E-state index contributed by atoms with van der Waals surface area (Å²) in [6.07, 6.45) is 1.29. The Morgan fingerprint density at radius 1 is 0.966 bits per heavy atom. The predicted molar refractivity (Wildman–Crippen MR) is 111 cm³/mol. The topological polar surface area (TPSA) is 104 Å². The van der Waals surface area contributed by atoms with Gasteiger partial charge in [-0.25, -0.2) is 5.43 Å². The average Bonchev–Trinajstić information content (AvgIpc) is 2.73. The number of nitrogens with zero attached hydrogens (tertiary/aromatic N) is 2. The monoisotopic (exact) mass is 387 g/mol. The Kier molecular flexibility index (Phi) is 4.70. The molecule has 0 unspecified atom stereocenters. The van der Waals surface area contributed by atoms with Gasteiger partial charge in [0.25, 0.3) is 5.91 Å². The molecule has 0 radical (unpaired) electrons. The van der Waals surface area contributed by atoms with Crippen LogP contribution in [-0.2, 0) is 11.3 Å². The molecule has 3 N–H and O–H groups in total. The van der Waals surface area contributed by atoms with Gasteiger partial charge in [0.15, 0.2) is 5.43 Å². The van der Waals surface area contributed by atoms with Crippen LogP contribution in [0.1, 0.15) is 5.56 Å². The SMILES string of the molecule is O=C(Cn1c2ccccc2c(=O)c2ccccc21)N/N=C/c1ccc(O)cc1O. The van der Waals surface area contributed by atoms with E-state index in [1.54, 1.807) is 41.0 Å². The molecule has 4 rings (SSSR count). The van der Waals surface area contributed by atoms with E-state index in [2.05, 4.69) is 10.5 Å². The number of aromatic nitrogens is 1. The van der Waals surface area contributed by atoms with Crippen molar-refractivity contribution in [2.24, 2.45) is 5.10 Å². The summed E-state index contributed by atoms with van der Waals surface area (Å²) in [7, 11) is 0. The van der Waals surface area contributed by atoms with Gasteiger partial charge in [-0.3, -0.25) is 9.59 Å². The van der Waals surface area contributed by atoms with Gasteiger partial charge in [0, 0.05) is 22.4 Å². The van der Waals surface area contributed by atoms with Crippen LogP contribution in [0.5, 0.6) is 11.5 Å². The Hall–Kier alpha value is -4.13. The maximum absolute atomic E-state index is 12.7. The summed E-state index contributed by atoms with van der Waals surface area (Å²) in [6, 6.07) is 18.4. The number of rotatable bonds is 4. The second-order valence-corrected chi connectivity index (χ2v) is 6.49. The van der Waals surface area contributed by atoms with Crippen molar-refractivity contribution in [3.05, 3.63) is 82.5 Å². The summed E-state index contributed by atoms with van der Waals surface area (Å²) in [5.41, 5.74) is 4.02. The van der Waals surface area contributed by atoms with Crippen LogP contribution in [0.3, 0.4) is 0 Å². The molecule has 7 nitrogen and oxygen atoms in total. The second kappa shape index (κ2) is 7.47. The van der Waals surface area contributed by atoms with Gasteiger partial charge >= 0.3 is 0 Å². The molecule has 0 aliphatic carbocycles. The van der Waals surface area contributed by atoms with Crippen molar-refractivity contribution in [2.45, 2.75) is 6.54 Å². The highest BCUT2D eigenvalue weighted by atomic mass is 16.3. The summed E-state index contributed by atoms with van der Waals surface area (Å²) in [5, 5.41) is 24.0. The molecule has 4 aromatic rings. The zero-order valence-electron chi connectivity index (χ0n) is 15.2. The highest BCUT2D eigenvalue weighted by Gasteiger charge is 2.12. The largest absolute Gasteiger partial charge is 0.508 e. The Bertz CT molecular complexity index is 1260.